The number of nitrogens with zero attached hydrogens (tertiary/aromatic N) is 3. The highest BCUT2D eigenvalue weighted by Crippen LogP contribution is 2.59. The van der Waals surface area contributed by atoms with Gasteiger partial charge in [0, 0.05) is 25.1 Å². The zero-order chi connectivity index (χ0) is 25.0. The van der Waals surface area contributed by atoms with Gasteiger partial charge in [0.05, 0.1) is 12.7 Å². The third-order valence-corrected chi connectivity index (χ3v) is 10.6. The maximum atomic E-state index is 15.4. The Labute approximate surface area is 225 Å². The number of halogens is 1. The quantitative estimate of drug-likeness (QED) is 0.148. The van der Waals surface area contributed by atoms with Crippen LogP contribution in [0.2, 0.25) is 0 Å². The molecule has 0 amide bonds. The summed E-state index contributed by atoms with van der Waals surface area (Å²) in [5, 5.41) is 11.2. The minimum atomic E-state index is -3.20. The molecule has 0 saturated carbocycles. The molecule has 6 heteroatoms. The molecular formula is C30H25IN3OP. The summed E-state index contributed by atoms with van der Waals surface area (Å²) in [7, 11) is -3.20. The molecule has 5 rings (SSSR count). The lowest BCUT2D eigenvalue weighted by Gasteiger charge is -2.25. The molecule has 0 atom stereocenters. The predicted molar refractivity (Wildman–Crippen MR) is 157 cm³/mol. The van der Waals surface area contributed by atoms with E-state index in [0.29, 0.717) is 6.54 Å². The molecule has 0 N–H and O–H groups in total. The van der Waals surface area contributed by atoms with Crippen molar-refractivity contribution in [1.29, 1.82) is 0 Å². The molecule has 1 aromatic heterocycles. The van der Waals surface area contributed by atoms with Gasteiger partial charge in [-0.1, -0.05) is 126 Å². The van der Waals surface area contributed by atoms with Crippen LogP contribution >= 0.6 is 29.7 Å². The molecule has 0 radical (unpaired) electrons. The Morgan fingerprint density at radius 2 is 1.31 bits per heavy atom. The summed E-state index contributed by atoms with van der Waals surface area (Å²) < 4.78 is 18.1. The Balaban J connectivity index is 1.68. The molecule has 0 aliphatic carbocycles. The summed E-state index contributed by atoms with van der Waals surface area (Å²) >= 11 is 2.34. The second-order valence-corrected chi connectivity index (χ2v) is 12.6. The first-order valence-electron chi connectivity index (χ1n) is 11.7. The molecule has 178 valence electrons. The van der Waals surface area contributed by atoms with Gasteiger partial charge in [0.15, 0.2) is 7.14 Å². The van der Waals surface area contributed by atoms with E-state index in [2.05, 4.69) is 64.1 Å². The first kappa shape index (κ1) is 24.4. The van der Waals surface area contributed by atoms with Crippen molar-refractivity contribution in [2.45, 2.75) is 13.5 Å². The topological polar surface area (TPSA) is 47.8 Å². The van der Waals surface area contributed by atoms with Crippen LogP contribution in [0.1, 0.15) is 11.1 Å². The zero-order valence-corrected chi connectivity index (χ0v) is 22.9. The zero-order valence-electron chi connectivity index (χ0n) is 19.8. The minimum absolute atomic E-state index is 0.466. The third kappa shape index (κ3) is 4.99. The van der Waals surface area contributed by atoms with E-state index in [0.717, 1.165) is 41.9 Å². The van der Waals surface area contributed by atoms with E-state index < -0.39 is 7.14 Å². The fraction of sp³-hybridized carbons (Fsp3) is 0.0667. The molecule has 0 aliphatic heterocycles. The maximum absolute atomic E-state index is 15.4. The van der Waals surface area contributed by atoms with Crippen LogP contribution in [-0.4, -0.2) is 15.0 Å². The largest absolute Gasteiger partial charge is 0.309 e. The number of hydrogen-bond acceptors (Lipinski definition) is 3. The lowest BCUT2D eigenvalue weighted by molar-refractivity contribution is 0.592. The van der Waals surface area contributed by atoms with Crippen molar-refractivity contribution in [1.82, 2.24) is 15.0 Å². The average Bonchev–Trinajstić information content (AvgIpc) is 3.40. The standard InChI is InChI=1S/C30H25IN3OP/c1-23-17-19-25(20-18-23)30(28(31)21-34-22-29(32-33-34)24-11-5-2-6-12-24)36(35,26-13-7-3-8-14-26)27-15-9-4-10-16-27/h2-20,22H,21H2,1H3/b30-28+. The molecule has 0 unspecified atom stereocenters. The summed E-state index contributed by atoms with van der Waals surface area (Å²) in [5.74, 6) is 0. The number of allylic oxidation sites excluding steroid dienone is 1. The second kappa shape index (κ2) is 10.8. The molecule has 4 aromatic carbocycles. The lowest BCUT2D eigenvalue weighted by Crippen LogP contribution is -2.18. The molecule has 36 heavy (non-hydrogen) atoms. The van der Waals surface area contributed by atoms with Crippen LogP contribution in [-0.2, 0) is 11.1 Å². The van der Waals surface area contributed by atoms with Crippen LogP contribution in [0.15, 0.2) is 125 Å². The first-order chi connectivity index (χ1) is 17.6. The van der Waals surface area contributed by atoms with Gasteiger partial charge < -0.3 is 4.57 Å². The maximum Gasteiger partial charge on any atom is 0.172 e. The van der Waals surface area contributed by atoms with Crippen molar-refractivity contribution in [2.75, 3.05) is 0 Å². The normalized spacial score (nSPS) is 12.3. The van der Waals surface area contributed by atoms with Crippen molar-refractivity contribution < 1.29 is 4.57 Å². The van der Waals surface area contributed by atoms with Gasteiger partial charge in [0.2, 0.25) is 0 Å². The van der Waals surface area contributed by atoms with Gasteiger partial charge in [-0.3, -0.25) is 0 Å². The highest BCUT2D eigenvalue weighted by atomic mass is 127. The van der Waals surface area contributed by atoms with Crippen molar-refractivity contribution >= 4 is 45.7 Å². The Bertz CT molecular complexity index is 1490. The molecular weight excluding hydrogens is 576 g/mol. The van der Waals surface area contributed by atoms with Gasteiger partial charge in [-0.15, -0.1) is 5.10 Å². The van der Waals surface area contributed by atoms with Gasteiger partial charge >= 0.3 is 0 Å². The van der Waals surface area contributed by atoms with E-state index in [1.54, 1.807) is 0 Å². The molecule has 0 saturated heterocycles. The van der Waals surface area contributed by atoms with E-state index in [-0.39, 0.29) is 0 Å². The van der Waals surface area contributed by atoms with E-state index >= 15 is 4.57 Å². The SMILES string of the molecule is Cc1ccc(/C(=C(\I)Cn2cc(-c3ccccc3)nn2)P(=O)(c2ccccc2)c2ccccc2)cc1. The Hall–Kier alpha value is -3.28. The third-order valence-electron chi connectivity index (χ3n) is 6.05. The number of rotatable bonds is 7. The Morgan fingerprint density at radius 1 is 0.778 bits per heavy atom. The lowest BCUT2D eigenvalue weighted by atomic mass is 10.1. The van der Waals surface area contributed by atoms with Crippen molar-refractivity contribution in [3.05, 3.63) is 136 Å². The summed E-state index contributed by atoms with van der Waals surface area (Å²) in [6, 6.07) is 37.9. The van der Waals surface area contributed by atoms with Gasteiger partial charge in [-0.05, 0) is 35.1 Å². The van der Waals surface area contributed by atoms with E-state index in [4.69, 9.17) is 0 Å². The molecule has 0 bridgehead atoms. The molecule has 0 spiro atoms. The van der Waals surface area contributed by atoms with Crippen LogP contribution in [0.25, 0.3) is 16.6 Å². The van der Waals surface area contributed by atoms with Crippen LogP contribution in [0.4, 0.5) is 0 Å². The van der Waals surface area contributed by atoms with Crippen LogP contribution in [0, 0.1) is 6.92 Å². The van der Waals surface area contributed by atoms with Gasteiger partial charge in [-0.25, -0.2) is 4.68 Å². The summed E-state index contributed by atoms with van der Waals surface area (Å²) in [6.07, 6.45) is 1.94. The highest BCUT2D eigenvalue weighted by molar-refractivity contribution is 14.1. The van der Waals surface area contributed by atoms with E-state index in [1.807, 2.05) is 102 Å². The number of hydrogen-bond donors (Lipinski definition) is 0. The molecule has 0 aliphatic rings. The van der Waals surface area contributed by atoms with Gasteiger partial charge in [0.1, 0.15) is 5.69 Å². The van der Waals surface area contributed by atoms with Gasteiger partial charge in [0.25, 0.3) is 0 Å². The fourth-order valence-corrected chi connectivity index (χ4v) is 8.84. The highest BCUT2D eigenvalue weighted by Gasteiger charge is 2.35. The number of aryl methyl sites for hydroxylation is 1. The summed E-state index contributed by atoms with van der Waals surface area (Å²) in [5.41, 5.74) is 3.93. The second-order valence-electron chi connectivity index (χ2n) is 8.57. The van der Waals surface area contributed by atoms with E-state index in [1.165, 1.54) is 0 Å². The van der Waals surface area contributed by atoms with Crippen LogP contribution < -0.4 is 10.6 Å². The van der Waals surface area contributed by atoms with E-state index in [9.17, 15) is 0 Å². The van der Waals surface area contributed by atoms with Crippen LogP contribution in [0.5, 0.6) is 0 Å². The summed E-state index contributed by atoms with van der Waals surface area (Å²) in [6.45, 7) is 2.53. The molecule has 5 aromatic rings. The molecule has 0 fully saturated rings. The Morgan fingerprint density at radius 3 is 1.86 bits per heavy atom. The van der Waals surface area contributed by atoms with Crippen molar-refractivity contribution in [2.24, 2.45) is 0 Å². The summed E-state index contributed by atoms with van der Waals surface area (Å²) in [4.78, 5) is 0. The number of benzene rings is 4. The monoisotopic (exact) mass is 601 g/mol. The minimum Gasteiger partial charge on any atom is -0.309 e. The number of aromatic nitrogens is 3. The Kier molecular flexibility index (Phi) is 7.30. The molecule has 1 heterocycles. The van der Waals surface area contributed by atoms with Crippen molar-refractivity contribution in [3.63, 3.8) is 0 Å². The van der Waals surface area contributed by atoms with Crippen LogP contribution in [0.3, 0.4) is 0 Å². The average molecular weight is 601 g/mol. The van der Waals surface area contributed by atoms with Crippen molar-refractivity contribution in [3.8, 4) is 11.3 Å². The molecule has 4 nitrogen and oxygen atoms in total. The predicted octanol–water partition coefficient (Wildman–Crippen LogP) is 7.07. The first-order valence-corrected chi connectivity index (χ1v) is 14.5. The fourth-order valence-electron chi connectivity index (χ4n) is 4.24. The smallest absolute Gasteiger partial charge is 0.172 e. The van der Waals surface area contributed by atoms with Gasteiger partial charge in [-0.2, -0.15) is 0 Å².